The van der Waals surface area contributed by atoms with E-state index in [1.54, 1.807) is 5.48 Å². The molecule has 0 saturated carbocycles. The van der Waals surface area contributed by atoms with Crippen molar-refractivity contribution in [2.45, 2.75) is 13.8 Å². The highest BCUT2D eigenvalue weighted by molar-refractivity contribution is 5.96. The zero-order valence-electron chi connectivity index (χ0n) is 7.09. The largest absolute Gasteiger partial charge is 0.288 e. The van der Waals surface area contributed by atoms with Gasteiger partial charge in [0.15, 0.2) is 0 Å². The third-order valence-electron chi connectivity index (χ3n) is 1.81. The molecule has 3 heteroatoms. The van der Waals surface area contributed by atoms with Gasteiger partial charge in [-0.1, -0.05) is 18.2 Å². The average molecular weight is 165 g/mol. The monoisotopic (exact) mass is 165 g/mol. The van der Waals surface area contributed by atoms with E-state index in [-0.39, 0.29) is 0 Å². The minimum Gasteiger partial charge on any atom is -0.288 e. The van der Waals surface area contributed by atoms with Crippen molar-refractivity contribution >= 4 is 5.91 Å². The summed E-state index contributed by atoms with van der Waals surface area (Å²) >= 11 is 0. The molecule has 2 N–H and O–H groups in total. The van der Waals surface area contributed by atoms with E-state index in [9.17, 15) is 4.79 Å². The van der Waals surface area contributed by atoms with Crippen LogP contribution in [0, 0.1) is 13.8 Å². The number of hydrogen-bond donors (Lipinski definition) is 2. The van der Waals surface area contributed by atoms with Crippen LogP contribution in [0.3, 0.4) is 0 Å². The van der Waals surface area contributed by atoms with Crippen LogP contribution in [0.5, 0.6) is 0 Å². The fourth-order valence-electron chi connectivity index (χ4n) is 1.23. The zero-order valence-corrected chi connectivity index (χ0v) is 7.09. The van der Waals surface area contributed by atoms with E-state index in [0.717, 1.165) is 11.1 Å². The van der Waals surface area contributed by atoms with Crippen LogP contribution < -0.4 is 5.48 Å². The van der Waals surface area contributed by atoms with Crippen molar-refractivity contribution in [3.63, 3.8) is 0 Å². The van der Waals surface area contributed by atoms with Gasteiger partial charge in [-0.05, 0) is 25.0 Å². The van der Waals surface area contributed by atoms with Gasteiger partial charge in [0.1, 0.15) is 0 Å². The second-order valence-corrected chi connectivity index (χ2v) is 2.71. The van der Waals surface area contributed by atoms with E-state index in [0.29, 0.717) is 5.56 Å². The molecule has 0 aromatic heterocycles. The summed E-state index contributed by atoms with van der Waals surface area (Å²) in [6.45, 7) is 3.66. The maximum absolute atomic E-state index is 11.1. The Balaban J connectivity index is 3.21. The van der Waals surface area contributed by atoms with Crippen molar-refractivity contribution in [1.82, 2.24) is 5.48 Å². The first-order valence-corrected chi connectivity index (χ1v) is 3.67. The van der Waals surface area contributed by atoms with Crippen molar-refractivity contribution in [3.8, 4) is 0 Å². The number of rotatable bonds is 1. The Labute approximate surface area is 71.0 Å². The fraction of sp³-hybridized carbons (Fsp3) is 0.222. The third-order valence-corrected chi connectivity index (χ3v) is 1.81. The highest BCUT2D eigenvalue weighted by Crippen LogP contribution is 2.12. The molecule has 0 heterocycles. The first-order chi connectivity index (χ1) is 5.66. The number of carbonyl (C=O) groups is 1. The minimum atomic E-state index is -0.453. The molecule has 64 valence electrons. The number of hydroxylamine groups is 1. The molecule has 0 spiro atoms. The van der Waals surface area contributed by atoms with Crippen molar-refractivity contribution in [1.29, 1.82) is 0 Å². The summed E-state index contributed by atoms with van der Waals surface area (Å²) in [5.74, 6) is -0.453. The summed E-state index contributed by atoms with van der Waals surface area (Å²) in [5.41, 5.74) is 3.89. The van der Waals surface area contributed by atoms with Crippen LogP contribution in [0.2, 0.25) is 0 Å². The van der Waals surface area contributed by atoms with E-state index in [2.05, 4.69) is 0 Å². The molecular formula is C9H11NO2. The molecule has 0 fully saturated rings. The first kappa shape index (κ1) is 8.74. The molecule has 0 aliphatic heterocycles. The summed E-state index contributed by atoms with van der Waals surface area (Å²) in [7, 11) is 0. The lowest BCUT2D eigenvalue weighted by Gasteiger charge is -2.05. The Morgan fingerprint density at radius 1 is 1.33 bits per heavy atom. The quantitative estimate of drug-likeness (QED) is 0.488. The van der Waals surface area contributed by atoms with Crippen molar-refractivity contribution in [3.05, 3.63) is 34.9 Å². The van der Waals surface area contributed by atoms with Crippen molar-refractivity contribution in [2.24, 2.45) is 0 Å². The number of hydrogen-bond acceptors (Lipinski definition) is 2. The molecular weight excluding hydrogens is 154 g/mol. The maximum atomic E-state index is 11.1. The molecule has 1 amide bonds. The second kappa shape index (κ2) is 3.36. The lowest BCUT2D eigenvalue weighted by Crippen LogP contribution is -2.20. The van der Waals surface area contributed by atoms with Crippen molar-refractivity contribution < 1.29 is 10.0 Å². The van der Waals surface area contributed by atoms with E-state index < -0.39 is 5.91 Å². The highest BCUT2D eigenvalue weighted by Gasteiger charge is 2.09. The molecule has 1 aromatic carbocycles. The lowest BCUT2D eigenvalue weighted by molar-refractivity contribution is 0.0705. The summed E-state index contributed by atoms with van der Waals surface area (Å²) in [6.07, 6.45) is 0. The van der Waals surface area contributed by atoms with Gasteiger partial charge in [0.25, 0.3) is 5.91 Å². The van der Waals surface area contributed by atoms with E-state index in [1.807, 2.05) is 32.0 Å². The smallest absolute Gasteiger partial charge is 0.275 e. The minimum absolute atomic E-state index is 0.453. The zero-order chi connectivity index (χ0) is 9.14. The number of nitrogens with one attached hydrogen (secondary N) is 1. The summed E-state index contributed by atoms with van der Waals surface area (Å²) in [5, 5.41) is 8.44. The lowest BCUT2D eigenvalue weighted by atomic mass is 10.0. The fourth-order valence-corrected chi connectivity index (χ4v) is 1.23. The predicted octanol–water partition coefficient (Wildman–Crippen LogP) is 1.42. The van der Waals surface area contributed by atoms with Crippen LogP contribution in [-0.4, -0.2) is 11.1 Å². The Hall–Kier alpha value is -1.35. The molecule has 0 aliphatic carbocycles. The number of aryl methyl sites for hydroxylation is 2. The van der Waals surface area contributed by atoms with Gasteiger partial charge in [-0.25, -0.2) is 5.48 Å². The van der Waals surface area contributed by atoms with Gasteiger partial charge in [0.05, 0.1) is 0 Å². The molecule has 0 unspecified atom stereocenters. The van der Waals surface area contributed by atoms with Crippen LogP contribution in [0.1, 0.15) is 21.5 Å². The molecule has 0 atom stereocenters. The number of amides is 1. The Kier molecular flexibility index (Phi) is 2.45. The third kappa shape index (κ3) is 1.46. The Morgan fingerprint density at radius 3 is 2.25 bits per heavy atom. The Morgan fingerprint density at radius 2 is 1.83 bits per heavy atom. The van der Waals surface area contributed by atoms with Crippen molar-refractivity contribution in [2.75, 3.05) is 0 Å². The molecule has 0 bridgehead atoms. The van der Waals surface area contributed by atoms with Gasteiger partial charge in [-0.3, -0.25) is 10.0 Å². The molecule has 1 rings (SSSR count). The summed E-state index contributed by atoms with van der Waals surface area (Å²) < 4.78 is 0. The van der Waals surface area contributed by atoms with Gasteiger partial charge in [-0.2, -0.15) is 0 Å². The van der Waals surface area contributed by atoms with E-state index in [1.165, 1.54) is 0 Å². The highest BCUT2D eigenvalue weighted by atomic mass is 16.5. The van der Waals surface area contributed by atoms with E-state index in [4.69, 9.17) is 5.21 Å². The van der Waals surface area contributed by atoms with Gasteiger partial charge in [0.2, 0.25) is 0 Å². The summed E-state index contributed by atoms with van der Waals surface area (Å²) in [6, 6.07) is 5.54. The van der Waals surface area contributed by atoms with Crippen LogP contribution in [0.4, 0.5) is 0 Å². The molecule has 0 saturated heterocycles. The van der Waals surface area contributed by atoms with Gasteiger partial charge in [-0.15, -0.1) is 0 Å². The SMILES string of the molecule is Cc1cccc(C)c1C(=O)NO. The van der Waals surface area contributed by atoms with Crippen LogP contribution in [-0.2, 0) is 0 Å². The molecule has 0 aliphatic rings. The topological polar surface area (TPSA) is 49.3 Å². The predicted molar refractivity (Wildman–Crippen MR) is 45.2 cm³/mol. The first-order valence-electron chi connectivity index (χ1n) is 3.67. The normalized spacial score (nSPS) is 9.58. The number of carbonyl (C=O) groups excluding carboxylic acids is 1. The summed E-state index contributed by atoms with van der Waals surface area (Å²) in [4.78, 5) is 11.1. The van der Waals surface area contributed by atoms with Crippen LogP contribution >= 0.6 is 0 Å². The standard InChI is InChI=1S/C9H11NO2/c1-6-4-3-5-7(2)8(6)9(11)10-12/h3-5,12H,1-2H3,(H,10,11). The second-order valence-electron chi connectivity index (χ2n) is 2.71. The maximum Gasteiger partial charge on any atom is 0.275 e. The van der Waals surface area contributed by atoms with E-state index >= 15 is 0 Å². The van der Waals surface area contributed by atoms with Gasteiger partial charge >= 0.3 is 0 Å². The average Bonchev–Trinajstić information content (AvgIpc) is 2.03. The molecule has 0 radical (unpaired) electrons. The van der Waals surface area contributed by atoms with Gasteiger partial charge in [0, 0.05) is 5.56 Å². The molecule has 1 aromatic rings. The molecule has 12 heavy (non-hydrogen) atoms. The van der Waals surface area contributed by atoms with Crippen LogP contribution in [0.25, 0.3) is 0 Å². The van der Waals surface area contributed by atoms with Crippen LogP contribution in [0.15, 0.2) is 18.2 Å². The Bertz CT molecular complexity index is 287. The van der Waals surface area contributed by atoms with Gasteiger partial charge < -0.3 is 0 Å². The number of benzene rings is 1. The molecule has 3 nitrogen and oxygen atoms in total.